The zero-order valence-electron chi connectivity index (χ0n) is 12.0. The maximum absolute atomic E-state index is 12.2. The van der Waals surface area contributed by atoms with Crippen LogP contribution in [0.5, 0.6) is 0 Å². The molecule has 1 saturated heterocycles. The summed E-state index contributed by atoms with van der Waals surface area (Å²) in [6.07, 6.45) is 6.60. The molecule has 1 atom stereocenters. The van der Waals surface area contributed by atoms with Crippen LogP contribution in [0, 0.1) is 0 Å². The molecule has 2 amide bonds. The Hall–Kier alpha value is -1.10. The van der Waals surface area contributed by atoms with Crippen molar-refractivity contribution in [1.82, 2.24) is 15.1 Å². The van der Waals surface area contributed by atoms with E-state index >= 15 is 0 Å². The van der Waals surface area contributed by atoms with Crippen LogP contribution in [0.2, 0.25) is 0 Å². The summed E-state index contributed by atoms with van der Waals surface area (Å²) in [5, 5.41) is 3.33. The third-order valence-electron chi connectivity index (χ3n) is 4.20. The third-order valence-corrected chi connectivity index (χ3v) is 4.20. The number of likely N-dealkylation sites (tertiary alicyclic amines) is 1. The van der Waals surface area contributed by atoms with Gasteiger partial charge in [-0.3, -0.25) is 9.59 Å². The van der Waals surface area contributed by atoms with Gasteiger partial charge in [-0.25, -0.2) is 0 Å². The topological polar surface area (TPSA) is 52.7 Å². The number of nitrogens with one attached hydrogen (secondary N) is 1. The molecule has 1 heterocycles. The molecule has 5 heteroatoms. The summed E-state index contributed by atoms with van der Waals surface area (Å²) in [7, 11) is 3.50. The highest BCUT2D eigenvalue weighted by atomic mass is 16.2. The van der Waals surface area contributed by atoms with Crippen molar-refractivity contribution in [2.45, 2.75) is 50.6 Å². The fourth-order valence-corrected chi connectivity index (χ4v) is 3.08. The molecule has 108 valence electrons. The minimum absolute atomic E-state index is 0.0479. The van der Waals surface area contributed by atoms with E-state index in [0.717, 1.165) is 19.4 Å². The number of hydrogen-bond acceptors (Lipinski definition) is 3. The second kappa shape index (κ2) is 6.37. The molecule has 1 aliphatic heterocycles. The van der Waals surface area contributed by atoms with Crippen molar-refractivity contribution in [3.05, 3.63) is 0 Å². The van der Waals surface area contributed by atoms with E-state index in [2.05, 4.69) is 5.32 Å². The Labute approximate surface area is 115 Å². The number of hydrogen-bond donors (Lipinski definition) is 1. The summed E-state index contributed by atoms with van der Waals surface area (Å²) in [5.74, 6) is 0.122. The van der Waals surface area contributed by atoms with E-state index in [9.17, 15) is 9.59 Å². The molecule has 2 aliphatic rings. The maximum atomic E-state index is 12.2. The van der Waals surface area contributed by atoms with Crippen LogP contribution in [0.25, 0.3) is 0 Å². The highest BCUT2D eigenvalue weighted by Crippen LogP contribution is 2.20. The van der Waals surface area contributed by atoms with Crippen molar-refractivity contribution in [3.63, 3.8) is 0 Å². The Balaban J connectivity index is 1.84. The van der Waals surface area contributed by atoms with Gasteiger partial charge in [-0.2, -0.15) is 0 Å². The zero-order valence-corrected chi connectivity index (χ0v) is 12.0. The van der Waals surface area contributed by atoms with E-state index in [-0.39, 0.29) is 17.9 Å². The van der Waals surface area contributed by atoms with Gasteiger partial charge in [0, 0.05) is 26.7 Å². The van der Waals surface area contributed by atoms with Gasteiger partial charge in [0.05, 0.1) is 6.54 Å². The fraction of sp³-hybridized carbons (Fsp3) is 0.857. The third kappa shape index (κ3) is 3.47. The molecule has 0 aromatic carbocycles. The fourth-order valence-electron chi connectivity index (χ4n) is 3.08. The lowest BCUT2D eigenvalue weighted by atomic mass is 10.2. The molecular weight excluding hydrogens is 242 g/mol. The second-order valence-corrected chi connectivity index (χ2v) is 5.84. The number of rotatable bonds is 4. The van der Waals surface area contributed by atoms with E-state index in [1.807, 2.05) is 0 Å². The van der Waals surface area contributed by atoms with Crippen molar-refractivity contribution in [2.75, 3.05) is 27.2 Å². The predicted molar refractivity (Wildman–Crippen MR) is 73.7 cm³/mol. The Morgan fingerprint density at radius 3 is 2.47 bits per heavy atom. The molecule has 0 bridgehead atoms. The maximum Gasteiger partial charge on any atom is 0.244 e. The van der Waals surface area contributed by atoms with E-state index in [1.165, 1.54) is 25.7 Å². The molecule has 2 rings (SSSR count). The number of likely N-dealkylation sites (N-methyl/N-ethyl adjacent to an activating group) is 1. The first-order chi connectivity index (χ1) is 9.09. The van der Waals surface area contributed by atoms with Crippen LogP contribution in [0.3, 0.4) is 0 Å². The highest BCUT2D eigenvalue weighted by molar-refractivity contribution is 5.88. The van der Waals surface area contributed by atoms with Crippen LogP contribution < -0.4 is 5.32 Å². The number of carbonyl (C=O) groups excluding carboxylic acids is 2. The van der Waals surface area contributed by atoms with Crippen molar-refractivity contribution in [1.29, 1.82) is 0 Å². The Bertz CT molecular complexity index is 338. The predicted octanol–water partition coefficient (Wildman–Crippen LogP) is 0.598. The van der Waals surface area contributed by atoms with E-state index in [0.29, 0.717) is 12.6 Å². The minimum Gasteiger partial charge on any atom is -0.347 e. The smallest absolute Gasteiger partial charge is 0.244 e. The quantitative estimate of drug-likeness (QED) is 0.811. The van der Waals surface area contributed by atoms with Gasteiger partial charge in [-0.1, -0.05) is 12.8 Å². The average Bonchev–Trinajstić information content (AvgIpc) is 3.05. The van der Waals surface area contributed by atoms with Gasteiger partial charge >= 0.3 is 0 Å². The summed E-state index contributed by atoms with van der Waals surface area (Å²) < 4.78 is 0. The van der Waals surface area contributed by atoms with Gasteiger partial charge in [0.1, 0.15) is 6.04 Å². The van der Waals surface area contributed by atoms with E-state index in [4.69, 9.17) is 0 Å². The van der Waals surface area contributed by atoms with Gasteiger partial charge in [-0.15, -0.1) is 0 Å². The molecule has 0 aromatic heterocycles. The first kappa shape index (κ1) is 14.3. The average molecular weight is 267 g/mol. The van der Waals surface area contributed by atoms with Crippen molar-refractivity contribution >= 4 is 11.8 Å². The summed E-state index contributed by atoms with van der Waals surface area (Å²) in [6.45, 7) is 1.09. The highest BCUT2D eigenvalue weighted by Gasteiger charge is 2.34. The van der Waals surface area contributed by atoms with Crippen LogP contribution in [0.15, 0.2) is 0 Å². The molecule has 1 aliphatic carbocycles. The molecule has 1 N–H and O–H groups in total. The number of nitrogens with zero attached hydrogens (tertiary/aromatic N) is 2. The summed E-state index contributed by atoms with van der Waals surface area (Å²) in [4.78, 5) is 27.6. The Morgan fingerprint density at radius 2 is 1.84 bits per heavy atom. The van der Waals surface area contributed by atoms with Crippen LogP contribution in [-0.2, 0) is 9.59 Å². The van der Waals surface area contributed by atoms with Crippen molar-refractivity contribution in [2.24, 2.45) is 0 Å². The minimum atomic E-state index is -0.243. The van der Waals surface area contributed by atoms with Gasteiger partial charge in [0.25, 0.3) is 0 Å². The summed E-state index contributed by atoms with van der Waals surface area (Å²) in [5.41, 5.74) is 0. The van der Waals surface area contributed by atoms with E-state index < -0.39 is 0 Å². The van der Waals surface area contributed by atoms with Crippen molar-refractivity contribution in [3.8, 4) is 0 Å². The lowest BCUT2D eigenvalue weighted by molar-refractivity contribution is -0.141. The molecule has 0 radical (unpaired) electrons. The summed E-state index contributed by atoms with van der Waals surface area (Å²) in [6, 6.07) is 0.252. The standard InChI is InChI=1S/C14H25N3O2/c1-16(2)14(19)12-8-5-9-17(12)13(18)10-15-11-6-3-4-7-11/h11-12,15H,3-10H2,1-2H3. The Kier molecular flexibility index (Phi) is 4.80. The monoisotopic (exact) mass is 267 g/mol. The lowest BCUT2D eigenvalue weighted by Crippen LogP contribution is -2.48. The van der Waals surface area contributed by atoms with Crippen LogP contribution in [-0.4, -0.2) is 60.9 Å². The van der Waals surface area contributed by atoms with Gasteiger partial charge in [0.2, 0.25) is 11.8 Å². The molecule has 0 aromatic rings. The normalized spacial score (nSPS) is 23.9. The van der Waals surface area contributed by atoms with Crippen molar-refractivity contribution < 1.29 is 9.59 Å². The molecule has 5 nitrogen and oxygen atoms in total. The SMILES string of the molecule is CN(C)C(=O)C1CCCN1C(=O)CNC1CCCC1. The molecule has 1 unspecified atom stereocenters. The van der Waals surface area contributed by atoms with Gasteiger partial charge < -0.3 is 15.1 Å². The van der Waals surface area contributed by atoms with Gasteiger partial charge in [-0.05, 0) is 25.7 Å². The van der Waals surface area contributed by atoms with E-state index in [1.54, 1.807) is 23.9 Å². The first-order valence-electron chi connectivity index (χ1n) is 7.33. The molecule has 2 fully saturated rings. The molecular formula is C14H25N3O2. The van der Waals surface area contributed by atoms with Gasteiger partial charge in [0.15, 0.2) is 0 Å². The largest absolute Gasteiger partial charge is 0.347 e. The first-order valence-corrected chi connectivity index (χ1v) is 7.33. The number of amides is 2. The lowest BCUT2D eigenvalue weighted by Gasteiger charge is -2.26. The Morgan fingerprint density at radius 1 is 1.16 bits per heavy atom. The zero-order chi connectivity index (χ0) is 13.8. The molecule has 1 saturated carbocycles. The summed E-state index contributed by atoms with van der Waals surface area (Å²) >= 11 is 0. The van der Waals surface area contributed by atoms with Crippen LogP contribution >= 0.6 is 0 Å². The molecule has 19 heavy (non-hydrogen) atoms. The van der Waals surface area contributed by atoms with Crippen LogP contribution in [0.4, 0.5) is 0 Å². The molecule has 0 spiro atoms. The van der Waals surface area contributed by atoms with Crippen LogP contribution in [0.1, 0.15) is 38.5 Å². The second-order valence-electron chi connectivity index (χ2n) is 5.84. The number of carbonyl (C=O) groups is 2.